The zero-order chi connectivity index (χ0) is 27.6. The number of fused-ring (bicyclic) bond motifs is 2. The number of likely N-dealkylation sites (N-methyl/N-ethyl adjacent to an activating group) is 1. The summed E-state index contributed by atoms with van der Waals surface area (Å²) in [5, 5.41) is 10.6. The first-order valence-corrected chi connectivity index (χ1v) is 13.9. The summed E-state index contributed by atoms with van der Waals surface area (Å²) in [6.45, 7) is 3.27. The van der Waals surface area contributed by atoms with Gasteiger partial charge in [0.1, 0.15) is 18.0 Å². The second kappa shape index (κ2) is 11.2. The van der Waals surface area contributed by atoms with E-state index in [4.69, 9.17) is 15.5 Å². The zero-order valence-electron chi connectivity index (χ0n) is 22.8. The van der Waals surface area contributed by atoms with Crippen LogP contribution in [0.2, 0.25) is 0 Å². The van der Waals surface area contributed by atoms with Gasteiger partial charge in [0, 0.05) is 49.2 Å². The van der Waals surface area contributed by atoms with Gasteiger partial charge in [0.25, 0.3) is 5.91 Å². The van der Waals surface area contributed by atoms with Crippen LogP contribution in [-0.2, 0) is 13.2 Å². The van der Waals surface area contributed by atoms with Crippen LogP contribution in [0.1, 0.15) is 40.0 Å². The van der Waals surface area contributed by atoms with Crippen LogP contribution in [0.15, 0.2) is 71.7 Å². The minimum atomic E-state index is -0.0355. The fourth-order valence-corrected chi connectivity index (χ4v) is 5.67. The van der Waals surface area contributed by atoms with Gasteiger partial charge in [-0.15, -0.1) is 0 Å². The first-order chi connectivity index (χ1) is 19.5. The summed E-state index contributed by atoms with van der Waals surface area (Å²) in [4.78, 5) is 22.4. The van der Waals surface area contributed by atoms with Gasteiger partial charge in [0.05, 0.1) is 30.7 Å². The van der Waals surface area contributed by atoms with Crippen LogP contribution in [0.3, 0.4) is 0 Å². The lowest BCUT2D eigenvalue weighted by molar-refractivity contribution is 0.0708. The summed E-state index contributed by atoms with van der Waals surface area (Å²) < 4.78 is 8.26. The first-order valence-electron chi connectivity index (χ1n) is 13.9. The van der Waals surface area contributed by atoms with Crippen molar-refractivity contribution in [3.63, 3.8) is 0 Å². The van der Waals surface area contributed by atoms with Crippen molar-refractivity contribution in [2.24, 2.45) is 10.7 Å². The molecule has 0 spiro atoms. The number of aromatic nitrogens is 1. The molecule has 40 heavy (non-hydrogen) atoms. The Balaban J connectivity index is 1.39. The van der Waals surface area contributed by atoms with Crippen molar-refractivity contribution in [2.75, 3.05) is 38.2 Å². The molecule has 0 saturated carbocycles. The quantitative estimate of drug-likeness (QED) is 0.357. The Morgan fingerprint density at radius 1 is 1.10 bits per heavy atom. The maximum absolute atomic E-state index is 13.5. The molecule has 3 aromatic carbocycles. The van der Waals surface area contributed by atoms with Crippen molar-refractivity contribution in [3.8, 4) is 5.75 Å². The summed E-state index contributed by atoms with van der Waals surface area (Å²) in [7, 11) is 2.03. The molecule has 0 bridgehead atoms. The van der Waals surface area contributed by atoms with E-state index in [0.29, 0.717) is 43.2 Å². The van der Waals surface area contributed by atoms with Crippen LogP contribution in [0, 0.1) is 0 Å². The highest BCUT2D eigenvalue weighted by Gasteiger charge is 2.26. The Hall–Kier alpha value is -4.14. The van der Waals surface area contributed by atoms with E-state index in [0.717, 1.165) is 52.8 Å². The minimum Gasteiger partial charge on any atom is -0.489 e. The zero-order valence-corrected chi connectivity index (χ0v) is 22.8. The number of rotatable bonds is 6. The highest BCUT2D eigenvalue weighted by atomic mass is 16.5. The SMILES string of the molecule is CN1CCOc2cc(C(=O)N3CCCC(N)C3)cc(/N=C/c3cc4ccccc4n3Cc3ccc(CO)cc3)c21. The molecular weight excluding hydrogens is 502 g/mol. The second-order valence-electron chi connectivity index (χ2n) is 10.7. The molecule has 0 radical (unpaired) electrons. The van der Waals surface area contributed by atoms with Crippen LogP contribution >= 0.6 is 0 Å². The maximum Gasteiger partial charge on any atom is 0.254 e. The van der Waals surface area contributed by atoms with Gasteiger partial charge in [-0.25, -0.2) is 0 Å². The molecular formula is C32H35N5O3. The van der Waals surface area contributed by atoms with E-state index >= 15 is 0 Å². The van der Waals surface area contributed by atoms with Crippen molar-refractivity contribution in [1.82, 2.24) is 9.47 Å². The van der Waals surface area contributed by atoms with E-state index in [1.807, 2.05) is 66.7 Å². The average Bonchev–Trinajstić information content (AvgIpc) is 3.32. The number of nitrogens with zero attached hydrogens (tertiary/aromatic N) is 4. The molecule has 8 heteroatoms. The molecule has 1 aromatic heterocycles. The standard InChI is InChI=1S/C32H35N5O3/c1-35-13-14-40-30-17-25(32(39)36-12-4-6-26(33)20-36)16-28(31(30)35)34-18-27-15-24-5-2-3-7-29(24)37(27)19-22-8-10-23(21-38)11-9-22/h2-3,5,7-11,15-18,26,38H,4,6,12-14,19-21,33H2,1H3/b34-18+. The Morgan fingerprint density at radius 3 is 2.70 bits per heavy atom. The third kappa shape index (κ3) is 5.20. The fourth-order valence-electron chi connectivity index (χ4n) is 5.67. The number of carbonyl (C=O) groups excluding carboxylic acids is 1. The molecule has 2 aliphatic heterocycles. The second-order valence-corrected chi connectivity index (χ2v) is 10.7. The van der Waals surface area contributed by atoms with Gasteiger partial charge >= 0.3 is 0 Å². The molecule has 4 aromatic rings. The highest BCUT2D eigenvalue weighted by molar-refractivity contribution is 5.99. The van der Waals surface area contributed by atoms with Gasteiger partial charge in [0.15, 0.2) is 0 Å². The molecule has 8 nitrogen and oxygen atoms in total. The lowest BCUT2D eigenvalue weighted by Crippen LogP contribution is -2.45. The molecule has 1 saturated heterocycles. The number of piperidine rings is 1. The molecule has 1 amide bonds. The van der Waals surface area contributed by atoms with Crippen LogP contribution < -0.4 is 15.4 Å². The Labute approximate surface area is 234 Å². The van der Waals surface area contributed by atoms with E-state index in [1.54, 1.807) is 0 Å². The number of aliphatic imine (C=N–C) groups is 1. The van der Waals surface area contributed by atoms with Gasteiger partial charge in [-0.1, -0.05) is 42.5 Å². The first kappa shape index (κ1) is 26.1. The monoisotopic (exact) mass is 537 g/mol. The number of anilines is 1. The molecule has 3 N–H and O–H groups in total. The van der Waals surface area contributed by atoms with Crippen molar-refractivity contribution >= 4 is 34.4 Å². The average molecular weight is 538 g/mol. The van der Waals surface area contributed by atoms with E-state index in [9.17, 15) is 9.90 Å². The largest absolute Gasteiger partial charge is 0.489 e. The third-order valence-electron chi connectivity index (χ3n) is 7.84. The van der Waals surface area contributed by atoms with Crippen LogP contribution in [-0.4, -0.2) is 66.0 Å². The van der Waals surface area contributed by atoms with Crippen molar-refractivity contribution in [3.05, 3.63) is 89.1 Å². The summed E-state index contributed by atoms with van der Waals surface area (Å²) in [5.41, 5.74) is 12.4. The molecule has 3 heterocycles. The number of likely N-dealkylation sites (tertiary alicyclic amines) is 1. The van der Waals surface area contributed by atoms with Crippen molar-refractivity contribution < 1.29 is 14.6 Å². The normalized spacial score (nSPS) is 17.3. The fraction of sp³-hybridized carbons (Fsp3) is 0.312. The smallest absolute Gasteiger partial charge is 0.254 e. The molecule has 1 unspecified atom stereocenters. The van der Waals surface area contributed by atoms with Crippen molar-refractivity contribution in [1.29, 1.82) is 0 Å². The van der Waals surface area contributed by atoms with E-state index < -0.39 is 0 Å². The number of aliphatic hydroxyl groups is 1. The number of nitrogens with two attached hydrogens (primary N) is 1. The molecule has 0 aliphatic carbocycles. The molecule has 6 rings (SSSR count). The Bertz CT molecular complexity index is 1560. The van der Waals surface area contributed by atoms with E-state index in [2.05, 4.69) is 27.7 Å². The third-order valence-corrected chi connectivity index (χ3v) is 7.84. The molecule has 1 fully saturated rings. The molecule has 206 valence electrons. The topological polar surface area (TPSA) is 96.3 Å². The predicted octanol–water partition coefficient (Wildman–Crippen LogP) is 4.32. The summed E-state index contributed by atoms with van der Waals surface area (Å²) in [5.74, 6) is 0.643. The number of amides is 1. The number of ether oxygens (including phenoxy) is 1. The number of aliphatic hydroxyl groups excluding tert-OH is 1. The molecule has 2 aliphatic rings. The van der Waals surface area contributed by atoms with E-state index in [-0.39, 0.29) is 18.6 Å². The van der Waals surface area contributed by atoms with Gasteiger partial charge in [-0.05, 0) is 48.2 Å². The van der Waals surface area contributed by atoms with Gasteiger partial charge in [0.2, 0.25) is 0 Å². The van der Waals surface area contributed by atoms with Crippen LogP contribution in [0.4, 0.5) is 11.4 Å². The number of hydrogen-bond donors (Lipinski definition) is 2. The summed E-state index contributed by atoms with van der Waals surface area (Å²) >= 11 is 0. The predicted molar refractivity (Wildman–Crippen MR) is 159 cm³/mol. The lowest BCUT2D eigenvalue weighted by atomic mass is 10.0. The Morgan fingerprint density at radius 2 is 1.90 bits per heavy atom. The Kier molecular flexibility index (Phi) is 7.28. The number of hydrogen-bond acceptors (Lipinski definition) is 6. The van der Waals surface area contributed by atoms with Gasteiger partial charge < -0.3 is 29.9 Å². The van der Waals surface area contributed by atoms with Gasteiger partial charge in [-0.3, -0.25) is 9.79 Å². The van der Waals surface area contributed by atoms with Crippen LogP contribution in [0.25, 0.3) is 10.9 Å². The molecule has 1 atom stereocenters. The van der Waals surface area contributed by atoms with Crippen molar-refractivity contribution in [2.45, 2.75) is 32.0 Å². The summed E-state index contributed by atoms with van der Waals surface area (Å²) in [6.07, 6.45) is 3.73. The highest BCUT2D eigenvalue weighted by Crippen LogP contribution is 2.41. The van der Waals surface area contributed by atoms with Crippen LogP contribution in [0.5, 0.6) is 5.75 Å². The van der Waals surface area contributed by atoms with E-state index in [1.165, 1.54) is 0 Å². The number of para-hydroxylation sites is 1. The number of carbonyl (C=O) groups is 1. The lowest BCUT2D eigenvalue weighted by Gasteiger charge is -2.32. The van der Waals surface area contributed by atoms with Gasteiger partial charge in [-0.2, -0.15) is 0 Å². The minimum absolute atomic E-state index is 0.0111. The number of benzene rings is 3. The maximum atomic E-state index is 13.5. The summed E-state index contributed by atoms with van der Waals surface area (Å²) in [6, 6.07) is 22.2.